The summed E-state index contributed by atoms with van der Waals surface area (Å²) >= 11 is 0. The van der Waals surface area contributed by atoms with E-state index in [4.69, 9.17) is 4.74 Å². The number of fused-ring (bicyclic) bond motifs is 1. The molecule has 2 aromatic rings. The molecule has 0 spiro atoms. The molecular weight excluding hydrogens is 268 g/mol. The number of aromatic nitrogens is 4. The first-order valence-electron chi connectivity index (χ1n) is 7.55. The van der Waals surface area contributed by atoms with E-state index in [2.05, 4.69) is 30.4 Å². The van der Waals surface area contributed by atoms with Gasteiger partial charge in [-0.15, -0.1) is 0 Å². The number of hydrogen-bond acceptors (Lipinski definition) is 6. The lowest BCUT2D eigenvalue weighted by Crippen LogP contribution is -2.34. The van der Waals surface area contributed by atoms with Gasteiger partial charge in [-0.1, -0.05) is 0 Å². The lowest BCUT2D eigenvalue weighted by Gasteiger charge is -2.28. The Kier molecular flexibility index (Phi) is 4.19. The van der Waals surface area contributed by atoms with Gasteiger partial charge in [0.05, 0.1) is 17.7 Å². The molecule has 2 N–H and O–H groups in total. The SMILES string of the molecule is CCNc1nc(N(C)CC2CCCCO2)c2cn[nH]c2n1. The Morgan fingerprint density at radius 2 is 2.33 bits per heavy atom. The van der Waals surface area contributed by atoms with Crippen LogP contribution in [0.2, 0.25) is 0 Å². The highest BCUT2D eigenvalue weighted by molar-refractivity contribution is 5.87. The van der Waals surface area contributed by atoms with Gasteiger partial charge in [0, 0.05) is 26.7 Å². The lowest BCUT2D eigenvalue weighted by atomic mass is 10.1. The van der Waals surface area contributed by atoms with Gasteiger partial charge in [-0.2, -0.15) is 15.1 Å². The lowest BCUT2D eigenvalue weighted by molar-refractivity contribution is 0.0215. The number of aromatic amines is 1. The van der Waals surface area contributed by atoms with Crippen LogP contribution in [0.3, 0.4) is 0 Å². The van der Waals surface area contributed by atoms with E-state index in [1.54, 1.807) is 6.20 Å². The van der Waals surface area contributed by atoms with Crippen molar-refractivity contribution < 1.29 is 4.74 Å². The van der Waals surface area contributed by atoms with Gasteiger partial charge in [0.2, 0.25) is 5.95 Å². The van der Waals surface area contributed by atoms with Crippen LogP contribution in [-0.4, -0.2) is 53.0 Å². The Morgan fingerprint density at radius 3 is 3.10 bits per heavy atom. The molecule has 0 amide bonds. The first-order chi connectivity index (χ1) is 10.3. The van der Waals surface area contributed by atoms with Gasteiger partial charge in [0.1, 0.15) is 5.82 Å². The first-order valence-corrected chi connectivity index (χ1v) is 7.55. The predicted molar refractivity (Wildman–Crippen MR) is 82.7 cm³/mol. The number of likely N-dealkylation sites (N-methyl/N-ethyl adjacent to an activating group) is 1. The van der Waals surface area contributed by atoms with Crippen LogP contribution in [0.1, 0.15) is 26.2 Å². The van der Waals surface area contributed by atoms with Crippen molar-refractivity contribution in [2.75, 3.05) is 37.0 Å². The van der Waals surface area contributed by atoms with Crippen molar-refractivity contribution in [3.8, 4) is 0 Å². The van der Waals surface area contributed by atoms with Crippen LogP contribution < -0.4 is 10.2 Å². The Hall–Kier alpha value is -1.89. The largest absolute Gasteiger partial charge is 0.376 e. The summed E-state index contributed by atoms with van der Waals surface area (Å²) in [5.41, 5.74) is 0.757. The van der Waals surface area contributed by atoms with E-state index in [-0.39, 0.29) is 6.10 Å². The van der Waals surface area contributed by atoms with Crippen molar-refractivity contribution in [2.24, 2.45) is 0 Å². The summed E-state index contributed by atoms with van der Waals surface area (Å²) in [6.45, 7) is 4.52. The molecule has 2 aromatic heterocycles. The Labute approximate surface area is 124 Å². The first kappa shape index (κ1) is 14.1. The summed E-state index contributed by atoms with van der Waals surface area (Å²) in [4.78, 5) is 11.2. The fourth-order valence-electron chi connectivity index (χ4n) is 2.69. The number of anilines is 2. The highest BCUT2D eigenvalue weighted by Crippen LogP contribution is 2.24. The molecule has 1 aliphatic rings. The molecule has 21 heavy (non-hydrogen) atoms. The van der Waals surface area contributed by atoms with Gasteiger partial charge in [-0.25, -0.2) is 0 Å². The molecule has 0 saturated carbocycles. The Balaban J connectivity index is 1.84. The molecule has 1 saturated heterocycles. The minimum atomic E-state index is 0.281. The summed E-state index contributed by atoms with van der Waals surface area (Å²) in [6, 6.07) is 0. The molecular formula is C14H22N6O. The summed E-state index contributed by atoms with van der Waals surface area (Å²) < 4.78 is 5.82. The molecule has 1 unspecified atom stereocenters. The molecule has 3 heterocycles. The van der Waals surface area contributed by atoms with Crippen molar-refractivity contribution in [1.82, 2.24) is 20.2 Å². The molecule has 114 valence electrons. The molecule has 1 aliphatic heterocycles. The fraction of sp³-hybridized carbons (Fsp3) is 0.643. The summed E-state index contributed by atoms with van der Waals surface area (Å²) in [5, 5.41) is 11.1. The van der Waals surface area contributed by atoms with Crippen molar-refractivity contribution in [3.63, 3.8) is 0 Å². The molecule has 7 heteroatoms. The van der Waals surface area contributed by atoms with Gasteiger partial charge in [0.25, 0.3) is 0 Å². The zero-order chi connectivity index (χ0) is 14.7. The molecule has 1 atom stereocenters. The molecule has 3 rings (SSSR count). The number of ether oxygens (including phenoxy) is 1. The zero-order valence-electron chi connectivity index (χ0n) is 12.6. The third kappa shape index (κ3) is 3.07. The van der Waals surface area contributed by atoms with Crippen LogP contribution in [0.15, 0.2) is 6.20 Å². The smallest absolute Gasteiger partial charge is 0.226 e. The minimum Gasteiger partial charge on any atom is -0.376 e. The maximum atomic E-state index is 5.82. The summed E-state index contributed by atoms with van der Waals surface area (Å²) in [6.07, 6.45) is 5.59. The van der Waals surface area contributed by atoms with Crippen LogP contribution in [0.4, 0.5) is 11.8 Å². The van der Waals surface area contributed by atoms with E-state index in [1.165, 1.54) is 12.8 Å². The highest BCUT2D eigenvalue weighted by Gasteiger charge is 2.19. The van der Waals surface area contributed by atoms with Crippen LogP contribution in [-0.2, 0) is 4.74 Å². The summed E-state index contributed by atoms with van der Waals surface area (Å²) in [5.74, 6) is 1.51. The van der Waals surface area contributed by atoms with Crippen LogP contribution in [0.5, 0.6) is 0 Å². The van der Waals surface area contributed by atoms with E-state index in [1.807, 2.05) is 14.0 Å². The second-order valence-corrected chi connectivity index (χ2v) is 5.40. The van der Waals surface area contributed by atoms with Gasteiger partial charge < -0.3 is 15.0 Å². The van der Waals surface area contributed by atoms with Crippen LogP contribution in [0, 0.1) is 0 Å². The van der Waals surface area contributed by atoms with Crippen LogP contribution >= 0.6 is 0 Å². The third-order valence-corrected chi connectivity index (χ3v) is 3.74. The number of nitrogens with one attached hydrogen (secondary N) is 2. The minimum absolute atomic E-state index is 0.281. The second kappa shape index (κ2) is 6.26. The molecule has 0 bridgehead atoms. The fourth-order valence-corrected chi connectivity index (χ4v) is 2.69. The normalized spacial score (nSPS) is 18.9. The van der Waals surface area contributed by atoms with E-state index in [0.29, 0.717) is 5.95 Å². The Morgan fingerprint density at radius 1 is 1.43 bits per heavy atom. The third-order valence-electron chi connectivity index (χ3n) is 3.74. The molecule has 7 nitrogen and oxygen atoms in total. The van der Waals surface area contributed by atoms with E-state index < -0.39 is 0 Å². The number of rotatable bonds is 5. The average Bonchev–Trinajstić information content (AvgIpc) is 2.96. The van der Waals surface area contributed by atoms with E-state index in [9.17, 15) is 0 Å². The highest BCUT2D eigenvalue weighted by atomic mass is 16.5. The molecule has 1 fully saturated rings. The average molecular weight is 290 g/mol. The van der Waals surface area contributed by atoms with Crippen molar-refractivity contribution in [2.45, 2.75) is 32.3 Å². The quantitative estimate of drug-likeness (QED) is 0.874. The predicted octanol–water partition coefficient (Wildman–Crippen LogP) is 1.79. The number of H-pyrrole nitrogens is 1. The van der Waals surface area contributed by atoms with Gasteiger partial charge in [-0.3, -0.25) is 5.10 Å². The summed E-state index contributed by atoms with van der Waals surface area (Å²) in [7, 11) is 2.04. The van der Waals surface area contributed by atoms with Crippen molar-refractivity contribution in [1.29, 1.82) is 0 Å². The van der Waals surface area contributed by atoms with E-state index in [0.717, 1.165) is 43.0 Å². The maximum absolute atomic E-state index is 5.82. The maximum Gasteiger partial charge on any atom is 0.226 e. The van der Waals surface area contributed by atoms with Crippen molar-refractivity contribution >= 4 is 22.8 Å². The standard InChI is InChI=1S/C14H22N6O/c1-3-15-14-17-12-11(8-16-19-12)13(18-14)20(2)9-10-6-4-5-7-21-10/h8,10H,3-7,9H2,1-2H3,(H2,15,16,17,18,19). The van der Waals surface area contributed by atoms with Gasteiger partial charge in [-0.05, 0) is 26.2 Å². The zero-order valence-corrected chi connectivity index (χ0v) is 12.6. The van der Waals surface area contributed by atoms with Crippen LogP contribution in [0.25, 0.3) is 11.0 Å². The number of hydrogen-bond donors (Lipinski definition) is 2. The molecule has 0 radical (unpaired) electrons. The van der Waals surface area contributed by atoms with Gasteiger partial charge >= 0.3 is 0 Å². The molecule has 0 aliphatic carbocycles. The topological polar surface area (TPSA) is 79.0 Å². The van der Waals surface area contributed by atoms with Gasteiger partial charge in [0.15, 0.2) is 5.65 Å². The number of nitrogens with zero attached hydrogens (tertiary/aromatic N) is 4. The van der Waals surface area contributed by atoms with Crippen molar-refractivity contribution in [3.05, 3.63) is 6.20 Å². The Bertz CT molecular complexity index is 592. The molecule has 0 aromatic carbocycles. The monoisotopic (exact) mass is 290 g/mol. The van der Waals surface area contributed by atoms with E-state index >= 15 is 0 Å². The second-order valence-electron chi connectivity index (χ2n) is 5.40.